The van der Waals surface area contributed by atoms with Gasteiger partial charge in [0.2, 0.25) is 0 Å². The Morgan fingerprint density at radius 3 is 2.77 bits per heavy atom. The van der Waals surface area contributed by atoms with Gasteiger partial charge in [0.15, 0.2) is 27.3 Å². The van der Waals surface area contributed by atoms with E-state index in [9.17, 15) is 4.79 Å². The Balaban J connectivity index is 1.46. The normalized spacial score (nSPS) is 13.9. The highest BCUT2D eigenvalue weighted by atomic mass is 79.9. The fraction of sp³-hybridized carbons (Fsp3) is 0.423. The number of hydrogen-bond donors (Lipinski definition) is 0. The van der Waals surface area contributed by atoms with Gasteiger partial charge in [0.25, 0.3) is 0 Å². The first kappa shape index (κ1) is 28.1. The van der Waals surface area contributed by atoms with Crippen molar-refractivity contribution < 1.29 is 14.3 Å². The number of aromatic nitrogens is 4. The number of hydrogen-bond acceptors (Lipinski definition) is 10. The second-order valence-electron chi connectivity index (χ2n) is 10.4. The summed E-state index contributed by atoms with van der Waals surface area (Å²) in [7, 11) is -1.17. The number of benzene rings is 1. The molecule has 0 saturated heterocycles. The maximum atomic E-state index is 12.3. The topological polar surface area (TPSA) is 94.7 Å². The van der Waals surface area contributed by atoms with Crippen LogP contribution in [0.4, 0.5) is 16.8 Å². The third kappa shape index (κ3) is 6.02. The molecule has 39 heavy (non-hydrogen) atoms. The van der Waals surface area contributed by atoms with Gasteiger partial charge in [0.05, 0.1) is 16.8 Å². The molecule has 9 nitrogen and oxygen atoms in total. The quantitative estimate of drug-likeness (QED) is 0.117. The largest absolute Gasteiger partial charge is 0.461 e. The van der Waals surface area contributed by atoms with E-state index in [0.717, 1.165) is 51.0 Å². The van der Waals surface area contributed by atoms with E-state index >= 15 is 0 Å². The Bertz CT molecular complexity index is 1590. The zero-order chi connectivity index (χ0) is 27.7. The minimum Gasteiger partial charge on any atom is -0.461 e. The molecule has 206 valence electrons. The van der Waals surface area contributed by atoms with Crippen LogP contribution in [0, 0.1) is 6.92 Å². The summed E-state index contributed by atoms with van der Waals surface area (Å²) in [5.41, 5.74) is 3.46. The van der Waals surface area contributed by atoms with Gasteiger partial charge in [-0.25, -0.2) is 9.78 Å². The maximum Gasteiger partial charge on any atom is 0.359 e. The van der Waals surface area contributed by atoms with Crippen LogP contribution in [-0.2, 0) is 22.6 Å². The highest BCUT2D eigenvalue weighted by Crippen LogP contribution is 2.40. The van der Waals surface area contributed by atoms with E-state index in [4.69, 9.17) is 14.5 Å². The average molecular weight is 648 g/mol. The third-order valence-corrected chi connectivity index (χ3v) is 10.9. The van der Waals surface area contributed by atoms with E-state index in [1.807, 2.05) is 24.0 Å². The SMILES string of the molecule is CCOC(=O)c1nc(N2CCc3c2nnc(/N=c2\sc4ccccc4n2COCC[Si](C)(C)C)c3C)sc1Br. The molecular weight excluding hydrogens is 616 g/mol. The minimum absolute atomic E-state index is 0.281. The average Bonchev–Trinajstić information content (AvgIpc) is 3.58. The lowest BCUT2D eigenvalue weighted by molar-refractivity contribution is 0.0519. The number of carbonyl (C=O) groups is 1. The minimum atomic E-state index is -1.17. The van der Waals surface area contributed by atoms with Crippen molar-refractivity contribution in [1.82, 2.24) is 19.7 Å². The fourth-order valence-corrected chi connectivity index (χ4v) is 7.53. The van der Waals surface area contributed by atoms with Gasteiger partial charge in [-0.15, -0.1) is 10.2 Å². The summed E-state index contributed by atoms with van der Waals surface area (Å²) in [4.78, 5) is 24.6. The van der Waals surface area contributed by atoms with Crippen molar-refractivity contribution in [1.29, 1.82) is 0 Å². The van der Waals surface area contributed by atoms with Crippen LogP contribution >= 0.6 is 38.6 Å². The third-order valence-electron chi connectivity index (χ3n) is 6.42. The number of fused-ring (bicyclic) bond motifs is 2. The molecule has 0 radical (unpaired) electrons. The molecule has 4 heterocycles. The molecule has 13 heteroatoms. The van der Waals surface area contributed by atoms with E-state index in [2.05, 4.69) is 67.5 Å². The van der Waals surface area contributed by atoms with Crippen molar-refractivity contribution in [3.05, 3.63) is 49.7 Å². The van der Waals surface area contributed by atoms with Crippen LogP contribution in [0.15, 0.2) is 33.0 Å². The Kier molecular flexibility index (Phi) is 8.34. The van der Waals surface area contributed by atoms with Gasteiger partial charge >= 0.3 is 5.97 Å². The molecular formula is C26H31BrN6O3S2Si. The zero-order valence-electron chi connectivity index (χ0n) is 22.7. The predicted octanol–water partition coefficient (Wildman–Crippen LogP) is 6.44. The van der Waals surface area contributed by atoms with Gasteiger partial charge in [-0.3, -0.25) is 4.57 Å². The van der Waals surface area contributed by atoms with Crippen LogP contribution in [0.1, 0.15) is 28.5 Å². The maximum absolute atomic E-state index is 12.3. The Labute approximate surface area is 244 Å². The molecule has 0 N–H and O–H groups in total. The molecule has 0 aliphatic carbocycles. The lowest BCUT2D eigenvalue weighted by Gasteiger charge is -2.15. The fourth-order valence-electron chi connectivity index (χ4n) is 4.26. The van der Waals surface area contributed by atoms with E-state index in [1.54, 1.807) is 18.3 Å². The van der Waals surface area contributed by atoms with Crippen molar-refractivity contribution >= 4 is 79.6 Å². The number of ether oxygens (including phenoxy) is 2. The first-order valence-electron chi connectivity index (χ1n) is 12.8. The Morgan fingerprint density at radius 2 is 2.00 bits per heavy atom. The standard InChI is InChI=1S/C26H31BrN6O3S2Si/c1-6-36-24(34)20-21(27)38-25(28-20)32-12-11-17-16(2)22(30-31-23(17)32)29-26-33(15-35-13-14-39(3,4)5)18-9-7-8-10-19(18)37-26/h7-10H,6,11-15H2,1-5H3/b29-26-. The van der Waals surface area contributed by atoms with Crippen molar-refractivity contribution in [3.63, 3.8) is 0 Å². The smallest absolute Gasteiger partial charge is 0.359 e. The summed E-state index contributed by atoms with van der Waals surface area (Å²) in [6.45, 7) is 13.1. The molecule has 0 spiro atoms. The lowest BCUT2D eigenvalue weighted by atomic mass is 10.1. The summed E-state index contributed by atoms with van der Waals surface area (Å²) in [5.74, 6) is 0.913. The molecule has 1 aromatic carbocycles. The summed E-state index contributed by atoms with van der Waals surface area (Å²) >= 11 is 6.46. The Hall–Kier alpha value is -2.45. The number of halogens is 1. The van der Waals surface area contributed by atoms with Crippen molar-refractivity contribution in [2.75, 3.05) is 24.7 Å². The second kappa shape index (κ2) is 11.6. The summed E-state index contributed by atoms with van der Waals surface area (Å²) in [6.07, 6.45) is 0.789. The summed E-state index contributed by atoms with van der Waals surface area (Å²) in [6, 6.07) is 9.40. The molecule has 1 aliphatic heterocycles. The van der Waals surface area contributed by atoms with Crippen LogP contribution in [0.25, 0.3) is 10.2 Å². The van der Waals surface area contributed by atoms with E-state index in [0.29, 0.717) is 34.6 Å². The lowest BCUT2D eigenvalue weighted by Crippen LogP contribution is -2.23. The first-order valence-corrected chi connectivity index (χ1v) is 19.0. The van der Waals surface area contributed by atoms with Crippen LogP contribution in [-0.4, -0.2) is 53.6 Å². The number of carbonyl (C=O) groups excluding carboxylic acids is 1. The summed E-state index contributed by atoms with van der Waals surface area (Å²) in [5, 5.41) is 9.77. The molecule has 4 aromatic rings. The van der Waals surface area contributed by atoms with Crippen molar-refractivity contribution in [2.45, 2.75) is 52.7 Å². The second-order valence-corrected chi connectivity index (χ2v) is 19.4. The number of anilines is 2. The van der Waals surface area contributed by atoms with Crippen LogP contribution < -0.4 is 9.70 Å². The van der Waals surface area contributed by atoms with E-state index in [-0.39, 0.29) is 5.69 Å². The molecule has 1 aliphatic rings. The van der Waals surface area contributed by atoms with Crippen LogP contribution in [0.2, 0.25) is 25.7 Å². The number of thiazole rings is 2. The molecule has 0 amide bonds. The van der Waals surface area contributed by atoms with E-state index in [1.165, 1.54) is 11.3 Å². The molecule has 0 saturated carbocycles. The number of para-hydroxylation sites is 1. The number of nitrogens with zero attached hydrogens (tertiary/aromatic N) is 6. The van der Waals surface area contributed by atoms with Gasteiger partial charge in [-0.05, 0) is 54.4 Å². The Morgan fingerprint density at radius 1 is 1.21 bits per heavy atom. The highest BCUT2D eigenvalue weighted by Gasteiger charge is 2.30. The van der Waals surface area contributed by atoms with Gasteiger partial charge in [0, 0.05) is 32.4 Å². The molecule has 0 unspecified atom stereocenters. The monoisotopic (exact) mass is 646 g/mol. The predicted molar refractivity (Wildman–Crippen MR) is 162 cm³/mol. The molecule has 5 rings (SSSR count). The number of esters is 1. The first-order chi connectivity index (χ1) is 18.7. The molecule has 0 bridgehead atoms. The number of rotatable bonds is 9. The van der Waals surface area contributed by atoms with Gasteiger partial charge in [-0.2, -0.15) is 4.99 Å². The van der Waals surface area contributed by atoms with Crippen molar-refractivity contribution in [2.24, 2.45) is 4.99 Å². The molecule has 0 fully saturated rings. The molecule has 0 atom stereocenters. The van der Waals surface area contributed by atoms with Gasteiger partial charge in [0.1, 0.15) is 10.5 Å². The zero-order valence-corrected chi connectivity index (χ0v) is 26.9. The van der Waals surface area contributed by atoms with Gasteiger partial charge in [-0.1, -0.05) is 54.4 Å². The van der Waals surface area contributed by atoms with Crippen LogP contribution in [0.5, 0.6) is 0 Å². The van der Waals surface area contributed by atoms with Crippen molar-refractivity contribution in [3.8, 4) is 0 Å². The van der Waals surface area contributed by atoms with Gasteiger partial charge < -0.3 is 14.4 Å². The summed E-state index contributed by atoms with van der Waals surface area (Å²) < 4.78 is 15.2. The van der Waals surface area contributed by atoms with E-state index < -0.39 is 14.0 Å². The highest BCUT2D eigenvalue weighted by molar-refractivity contribution is 9.11. The van der Waals surface area contributed by atoms with Crippen LogP contribution in [0.3, 0.4) is 0 Å². The molecule has 3 aromatic heterocycles.